The summed E-state index contributed by atoms with van der Waals surface area (Å²) in [7, 11) is 0. The quantitative estimate of drug-likeness (QED) is 0.557. The van der Waals surface area contributed by atoms with Crippen LogP contribution in [0.25, 0.3) is 10.9 Å². The fourth-order valence-corrected chi connectivity index (χ4v) is 3.19. The molecule has 4 aromatic rings. The molecule has 4 nitrogen and oxygen atoms in total. The molecule has 1 heterocycles. The summed E-state index contributed by atoms with van der Waals surface area (Å²) in [5, 5.41) is 8.53. The van der Waals surface area contributed by atoms with Gasteiger partial charge in [0.1, 0.15) is 0 Å². The molecule has 0 saturated heterocycles. The number of rotatable bonds is 5. The van der Waals surface area contributed by atoms with E-state index in [1.54, 1.807) is 0 Å². The Hall–Kier alpha value is -3.40. The van der Waals surface area contributed by atoms with Crippen LogP contribution in [0.4, 0.5) is 0 Å². The predicted molar refractivity (Wildman–Crippen MR) is 112 cm³/mol. The molecule has 0 unspecified atom stereocenters. The molecule has 3 aromatic carbocycles. The molecular formula is C24H23N3O. The van der Waals surface area contributed by atoms with Crippen LogP contribution in [0, 0.1) is 13.8 Å². The fraction of sp³-hybridized carbons (Fsp3) is 0.167. The van der Waals surface area contributed by atoms with Crippen molar-refractivity contribution in [1.82, 2.24) is 15.1 Å². The third-order valence-electron chi connectivity index (χ3n) is 4.93. The van der Waals surface area contributed by atoms with Crippen molar-refractivity contribution in [3.63, 3.8) is 0 Å². The first-order valence-electron chi connectivity index (χ1n) is 9.43. The standard InChI is InChI=1S/C24H23N3O/c1-17-3-7-19(8-4-17)14-25-24(28)21-11-12-22-15-26-27(23(22)13-21)16-20-9-5-18(2)6-10-20/h3-13,15H,14,16H2,1-2H3,(H,25,28). The lowest BCUT2D eigenvalue weighted by molar-refractivity contribution is 0.0951. The van der Waals surface area contributed by atoms with Gasteiger partial charge in [-0.3, -0.25) is 9.48 Å². The van der Waals surface area contributed by atoms with Crippen molar-refractivity contribution in [1.29, 1.82) is 0 Å². The summed E-state index contributed by atoms with van der Waals surface area (Å²) in [6.07, 6.45) is 1.84. The Bertz CT molecular complexity index is 1110. The zero-order chi connectivity index (χ0) is 19.5. The Labute approximate surface area is 164 Å². The van der Waals surface area contributed by atoms with E-state index in [4.69, 9.17) is 0 Å². The third kappa shape index (κ3) is 3.96. The van der Waals surface area contributed by atoms with Gasteiger partial charge in [0, 0.05) is 17.5 Å². The molecule has 0 aliphatic heterocycles. The largest absolute Gasteiger partial charge is 0.348 e. The van der Waals surface area contributed by atoms with Gasteiger partial charge in [0.2, 0.25) is 0 Å². The Kier molecular flexibility index (Phi) is 4.94. The van der Waals surface area contributed by atoms with Crippen LogP contribution in [0.3, 0.4) is 0 Å². The third-order valence-corrected chi connectivity index (χ3v) is 4.93. The van der Waals surface area contributed by atoms with Gasteiger partial charge < -0.3 is 5.32 Å². The van der Waals surface area contributed by atoms with Gasteiger partial charge in [-0.15, -0.1) is 0 Å². The zero-order valence-corrected chi connectivity index (χ0v) is 16.1. The molecule has 1 N–H and O–H groups in total. The van der Waals surface area contributed by atoms with E-state index in [1.165, 1.54) is 16.7 Å². The number of carbonyl (C=O) groups is 1. The van der Waals surface area contributed by atoms with Crippen molar-refractivity contribution in [2.24, 2.45) is 0 Å². The highest BCUT2D eigenvalue weighted by Crippen LogP contribution is 2.18. The molecule has 0 spiro atoms. The van der Waals surface area contributed by atoms with Crippen LogP contribution < -0.4 is 5.32 Å². The minimum Gasteiger partial charge on any atom is -0.348 e. The molecule has 0 radical (unpaired) electrons. The van der Waals surface area contributed by atoms with Crippen LogP contribution >= 0.6 is 0 Å². The summed E-state index contributed by atoms with van der Waals surface area (Å²) in [6.45, 7) is 5.32. The predicted octanol–water partition coefficient (Wildman–Crippen LogP) is 4.63. The summed E-state index contributed by atoms with van der Waals surface area (Å²) < 4.78 is 1.94. The average Bonchev–Trinajstić information content (AvgIpc) is 3.11. The van der Waals surface area contributed by atoms with Gasteiger partial charge in [0.15, 0.2) is 0 Å². The van der Waals surface area contributed by atoms with Gasteiger partial charge in [-0.2, -0.15) is 5.10 Å². The van der Waals surface area contributed by atoms with Gasteiger partial charge in [-0.1, -0.05) is 65.7 Å². The van der Waals surface area contributed by atoms with E-state index in [9.17, 15) is 4.79 Å². The molecule has 0 aliphatic carbocycles. The first-order chi connectivity index (χ1) is 13.6. The second-order valence-corrected chi connectivity index (χ2v) is 7.23. The normalized spacial score (nSPS) is 10.9. The monoisotopic (exact) mass is 369 g/mol. The van der Waals surface area contributed by atoms with Crippen LogP contribution in [0.2, 0.25) is 0 Å². The summed E-state index contributed by atoms with van der Waals surface area (Å²) in [5.41, 5.74) is 6.33. The summed E-state index contributed by atoms with van der Waals surface area (Å²) >= 11 is 0. The van der Waals surface area contributed by atoms with E-state index in [0.29, 0.717) is 18.7 Å². The smallest absolute Gasteiger partial charge is 0.251 e. The maximum absolute atomic E-state index is 12.6. The number of fused-ring (bicyclic) bond motifs is 1. The van der Waals surface area contributed by atoms with Crippen LogP contribution in [-0.2, 0) is 13.1 Å². The number of nitrogens with zero attached hydrogens (tertiary/aromatic N) is 2. The van der Waals surface area contributed by atoms with Gasteiger partial charge >= 0.3 is 0 Å². The van der Waals surface area contributed by atoms with Crippen molar-refractivity contribution < 1.29 is 4.79 Å². The van der Waals surface area contributed by atoms with E-state index in [0.717, 1.165) is 16.5 Å². The van der Waals surface area contributed by atoms with Crippen molar-refractivity contribution in [3.05, 3.63) is 101 Å². The highest BCUT2D eigenvalue weighted by Gasteiger charge is 2.10. The van der Waals surface area contributed by atoms with Gasteiger partial charge in [-0.25, -0.2) is 0 Å². The Balaban J connectivity index is 1.52. The molecular weight excluding hydrogens is 346 g/mol. The van der Waals surface area contributed by atoms with E-state index in [2.05, 4.69) is 60.7 Å². The van der Waals surface area contributed by atoms with Crippen molar-refractivity contribution >= 4 is 16.8 Å². The molecule has 1 amide bonds. The van der Waals surface area contributed by atoms with Crippen molar-refractivity contribution in [3.8, 4) is 0 Å². The van der Waals surface area contributed by atoms with E-state index in [-0.39, 0.29) is 5.91 Å². The van der Waals surface area contributed by atoms with Crippen LogP contribution in [0.15, 0.2) is 72.9 Å². The van der Waals surface area contributed by atoms with Gasteiger partial charge in [-0.05, 0) is 37.1 Å². The molecule has 0 fully saturated rings. The molecule has 4 heteroatoms. The highest BCUT2D eigenvalue weighted by molar-refractivity contribution is 5.97. The fourth-order valence-electron chi connectivity index (χ4n) is 3.19. The molecule has 0 aliphatic rings. The maximum Gasteiger partial charge on any atom is 0.251 e. The number of carbonyl (C=O) groups excluding carboxylic acids is 1. The van der Waals surface area contributed by atoms with Crippen LogP contribution in [0.5, 0.6) is 0 Å². The minimum atomic E-state index is -0.0782. The zero-order valence-electron chi connectivity index (χ0n) is 16.1. The van der Waals surface area contributed by atoms with E-state index >= 15 is 0 Å². The first kappa shape index (κ1) is 18.0. The average molecular weight is 369 g/mol. The number of hydrogen-bond donors (Lipinski definition) is 1. The Morgan fingerprint density at radius 3 is 2.21 bits per heavy atom. The molecule has 140 valence electrons. The molecule has 0 saturated carbocycles. The minimum absolute atomic E-state index is 0.0782. The van der Waals surface area contributed by atoms with E-state index < -0.39 is 0 Å². The SMILES string of the molecule is Cc1ccc(CNC(=O)c2ccc3cnn(Cc4ccc(C)cc4)c3c2)cc1. The lowest BCUT2D eigenvalue weighted by atomic mass is 10.1. The molecule has 28 heavy (non-hydrogen) atoms. The van der Waals surface area contributed by atoms with Crippen molar-refractivity contribution in [2.75, 3.05) is 0 Å². The number of benzene rings is 3. The van der Waals surface area contributed by atoms with Gasteiger partial charge in [0.05, 0.1) is 18.3 Å². The summed E-state index contributed by atoms with van der Waals surface area (Å²) in [4.78, 5) is 12.6. The summed E-state index contributed by atoms with van der Waals surface area (Å²) in [5.74, 6) is -0.0782. The molecule has 4 rings (SSSR count). The topological polar surface area (TPSA) is 46.9 Å². The highest BCUT2D eigenvalue weighted by atomic mass is 16.1. The summed E-state index contributed by atoms with van der Waals surface area (Å²) in [6, 6.07) is 22.3. The molecule has 1 aromatic heterocycles. The Morgan fingerprint density at radius 2 is 1.54 bits per heavy atom. The second kappa shape index (κ2) is 7.69. The van der Waals surface area contributed by atoms with E-state index in [1.807, 2.05) is 41.2 Å². The van der Waals surface area contributed by atoms with Crippen LogP contribution in [-0.4, -0.2) is 15.7 Å². The Morgan fingerprint density at radius 1 is 0.893 bits per heavy atom. The molecule has 0 atom stereocenters. The first-order valence-corrected chi connectivity index (χ1v) is 9.43. The number of aromatic nitrogens is 2. The lowest BCUT2D eigenvalue weighted by Gasteiger charge is -2.08. The van der Waals surface area contributed by atoms with Crippen molar-refractivity contribution in [2.45, 2.75) is 26.9 Å². The number of amides is 1. The number of aryl methyl sites for hydroxylation is 2. The lowest BCUT2D eigenvalue weighted by Crippen LogP contribution is -2.22. The van der Waals surface area contributed by atoms with Gasteiger partial charge in [0.25, 0.3) is 5.91 Å². The second-order valence-electron chi connectivity index (χ2n) is 7.23. The maximum atomic E-state index is 12.6. The number of hydrogen-bond acceptors (Lipinski definition) is 2. The van der Waals surface area contributed by atoms with Crippen LogP contribution in [0.1, 0.15) is 32.6 Å². The number of nitrogens with one attached hydrogen (secondary N) is 1. The molecule has 0 bridgehead atoms.